The monoisotopic (exact) mass is 266 g/mol. The van der Waals surface area contributed by atoms with E-state index >= 15 is 0 Å². The van der Waals surface area contributed by atoms with E-state index in [0.29, 0.717) is 0 Å². The average Bonchev–Trinajstić information content (AvgIpc) is 2.56. The summed E-state index contributed by atoms with van der Waals surface area (Å²) in [6.45, 7) is 3.21. The maximum absolute atomic E-state index is 12.3. The van der Waals surface area contributed by atoms with Crippen LogP contribution < -0.4 is 4.90 Å². The van der Waals surface area contributed by atoms with Crippen molar-refractivity contribution in [1.29, 1.82) is 0 Å². The number of hydrogen-bond donors (Lipinski definition) is 0. The standard InChI is InChI=1S/C16H16N3O/c20-16(14-4-2-1-3-5-14)19-12-10-18(11-13-19)15-6-8-17-9-7-15/h2-9H,10-13H2. The van der Waals surface area contributed by atoms with E-state index in [1.54, 1.807) is 24.5 Å². The maximum Gasteiger partial charge on any atom is 0.253 e. The number of anilines is 1. The smallest absolute Gasteiger partial charge is 0.253 e. The molecule has 1 aliphatic rings. The van der Waals surface area contributed by atoms with Gasteiger partial charge in [-0.05, 0) is 30.3 Å². The molecule has 1 aliphatic heterocycles. The summed E-state index contributed by atoms with van der Waals surface area (Å²) in [4.78, 5) is 20.5. The zero-order valence-electron chi connectivity index (χ0n) is 11.2. The molecule has 1 saturated heterocycles. The summed E-state index contributed by atoms with van der Waals surface area (Å²) in [6.07, 6.45) is 3.60. The van der Waals surface area contributed by atoms with Crippen molar-refractivity contribution in [3.05, 3.63) is 60.4 Å². The maximum atomic E-state index is 12.3. The second-order valence-electron chi connectivity index (χ2n) is 4.77. The Balaban J connectivity index is 1.63. The highest BCUT2D eigenvalue weighted by Crippen LogP contribution is 2.16. The molecule has 1 aromatic carbocycles. The van der Waals surface area contributed by atoms with Gasteiger partial charge in [0.25, 0.3) is 5.91 Å². The van der Waals surface area contributed by atoms with Gasteiger partial charge in [-0.15, -0.1) is 0 Å². The van der Waals surface area contributed by atoms with Crippen LogP contribution in [0.2, 0.25) is 0 Å². The van der Waals surface area contributed by atoms with Crippen LogP contribution in [0.5, 0.6) is 0 Å². The normalized spacial score (nSPS) is 15.2. The van der Waals surface area contributed by atoms with Crippen molar-refractivity contribution in [2.75, 3.05) is 31.1 Å². The van der Waals surface area contributed by atoms with E-state index < -0.39 is 0 Å². The van der Waals surface area contributed by atoms with Crippen molar-refractivity contribution >= 4 is 11.6 Å². The molecule has 0 atom stereocenters. The molecule has 20 heavy (non-hydrogen) atoms. The fourth-order valence-corrected chi connectivity index (χ4v) is 2.43. The van der Waals surface area contributed by atoms with E-state index in [2.05, 4.69) is 16.0 Å². The lowest BCUT2D eigenvalue weighted by molar-refractivity contribution is 0.0747. The molecule has 4 heteroatoms. The predicted octanol–water partition coefficient (Wildman–Crippen LogP) is 1.84. The number of hydrogen-bond acceptors (Lipinski definition) is 3. The molecule has 1 amide bonds. The second kappa shape index (κ2) is 5.74. The molecule has 101 valence electrons. The molecule has 2 heterocycles. The number of nitrogens with zero attached hydrogens (tertiary/aromatic N) is 3. The van der Waals surface area contributed by atoms with Crippen LogP contribution in [0, 0.1) is 6.07 Å². The number of amides is 1. The molecule has 1 fully saturated rings. The quantitative estimate of drug-likeness (QED) is 0.832. The second-order valence-corrected chi connectivity index (χ2v) is 4.77. The summed E-state index contributed by atoms with van der Waals surface area (Å²) in [5, 5.41) is 0. The van der Waals surface area contributed by atoms with Gasteiger partial charge in [0, 0.05) is 49.8 Å². The minimum Gasteiger partial charge on any atom is -0.368 e. The van der Waals surface area contributed by atoms with Crippen LogP contribution >= 0.6 is 0 Å². The zero-order chi connectivity index (χ0) is 13.8. The lowest BCUT2D eigenvalue weighted by atomic mass is 10.2. The van der Waals surface area contributed by atoms with Gasteiger partial charge in [-0.2, -0.15) is 0 Å². The summed E-state index contributed by atoms with van der Waals surface area (Å²) >= 11 is 0. The fourth-order valence-electron chi connectivity index (χ4n) is 2.43. The van der Waals surface area contributed by atoms with E-state index in [9.17, 15) is 4.79 Å². The van der Waals surface area contributed by atoms with Gasteiger partial charge in [0.15, 0.2) is 0 Å². The largest absolute Gasteiger partial charge is 0.368 e. The summed E-state index contributed by atoms with van der Waals surface area (Å²) in [6, 6.07) is 14.1. The third kappa shape index (κ3) is 2.64. The lowest BCUT2D eigenvalue weighted by Gasteiger charge is -2.36. The van der Waals surface area contributed by atoms with Crippen molar-refractivity contribution in [2.24, 2.45) is 0 Å². The average molecular weight is 266 g/mol. The Kier molecular flexibility index (Phi) is 3.63. The Bertz CT molecular complexity index is 563. The summed E-state index contributed by atoms with van der Waals surface area (Å²) in [5.74, 6) is 0.105. The predicted molar refractivity (Wildman–Crippen MR) is 77.6 cm³/mol. The van der Waals surface area contributed by atoms with Gasteiger partial charge in [0.2, 0.25) is 0 Å². The zero-order valence-corrected chi connectivity index (χ0v) is 11.2. The van der Waals surface area contributed by atoms with Gasteiger partial charge in [-0.3, -0.25) is 9.78 Å². The summed E-state index contributed by atoms with van der Waals surface area (Å²) in [7, 11) is 0. The van der Waals surface area contributed by atoms with E-state index in [1.165, 1.54) is 5.69 Å². The molecule has 3 rings (SSSR count). The van der Waals surface area contributed by atoms with Gasteiger partial charge in [-0.25, -0.2) is 0 Å². The Morgan fingerprint density at radius 1 is 1.00 bits per heavy atom. The third-order valence-electron chi connectivity index (χ3n) is 3.56. The van der Waals surface area contributed by atoms with Gasteiger partial charge in [0.05, 0.1) is 0 Å². The van der Waals surface area contributed by atoms with Gasteiger partial charge in [-0.1, -0.05) is 12.1 Å². The van der Waals surface area contributed by atoms with Gasteiger partial charge in [0.1, 0.15) is 0 Å². The molecule has 0 N–H and O–H groups in total. The number of benzene rings is 1. The van der Waals surface area contributed by atoms with Gasteiger partial charge >= 0.3 is 0 Å². The first-order chi connectivity index (χ1) is 9.84. The van der Waals surface area contributed by atoms with E-state index in [0.717, 1.165) is 31.7 Å². The van der Waals surface area contributed by atoms with Crippen LogP contribution in [0.3, 0.4) is 0 Å². The molecule has 2 aromatic rings. The summed E-state index contributed by atoms with van der Waals surface area (Å²) in [5.41, 5.74) is 1.91. The molecule has 0 spiro atoms. The van der Waals surface area contributed by atoms with E-state index in [1.807, 2.05) is 29.2 Å². The molecule has 0 saturated carbocycles. The molecule has 1 aromatic heterocycles. The molecule has 4 nitrogen and oxygen atoms in total. The fraction of sp³-hybridized carbons (Fsp3) is 0.250. The Morgan fingerprint density at radius 2 is 1.65 bits per heavy atom. The highest BCUT2D eigenvalue weighted by atomic mass is 16.2. The van der Waals surface area contributed by atoms with Crippen molar-refractivity contribution in [1.82, 2.24) is 9.88 Å². The van der Waals surface area contributed by atoms with Crippen molar-refractivity contribution in [3.8, 4) is 0 Å². The number of carbonyl (C=O) groups excluding carboxylic acids is 1. The highest BCUT2D eigenvalue weighted by Gasteiger charge is 2.21. The van der Waals surface area contributed by atoms with Crippen LogP contribution in [-0.2, 0) is 0 Å². The van der Waals surface area contributed by atoms with Crippen molar-refractivity contribution < 1.29 is 4.79 Å². The van der Waals surface area contributed by atoms with E-state index in [-0.39, 0.29) is 5.91 Å². The Labute approximate surface area is 118 Å². The summed E-state index contributed by atoms with van der Waals surface area (Å²) < 4.78 is 0. The number of aromatic nitrogens is 1. The molecule has 0 aliphatic carbocycles. The first kappa shape index (κ1) is 12.7. The Hall–Kier alpha value is -2.36. The first-order valence-electron chi connectivity index (χ1n) is 6.75. The van der Waals surface area contributed by atoms with Crippen LogP contribution in [0.25, 0.3) is 0 Å². The topological polar surface area (TPSA) is 36.4 Å². The molecule has 1 radical (unpaired) electrons. The Morgan fingerprint density at radius 3 is 2.30 bits per heavy atom. The lowest BCUT2D eigenvalue weighted by Crippen LogP contribution is -2.48. The van der Waals surface area contributed by atoms with Crippen molar-refractivity contribution in [2.45, 2.75) is 0 Å². The molecule has 0 bridgehead atoms. The number of piperazine rings is 1. The first-order valence-corrected chi connectivity index (χ1v) is 6.75. The minimum absolute atomic E-state index is 0.105. The van der Waals surface area contributed by atoms with E-state index in [4.69, 9.17) is 0 Å². The van der Waals surface area contributed by atoms with Gasteiger partial charge < -0.3 is 9.80 Å². The highest BCUT2D eigenvalue weighted by molar-refractivity contribution is 5.94. The number of pyridine rings is 1. The third-order valence-corrected chi connectivity index (χ3v) is 3.56. The molecule has 0 unspecified atom stereocenters. The van der Waals surface area contributed by atoms with Crippen LogP contribution in [-0.4, -0.2) is 42.0 Å². The van der Waals surface area contributed by atoms with Crippen molar-refractivity contribution in [3.63, 3.8) is 0 Å². The number of carbonyl (C=O) groups is 1. The molecular weight excluding hydrogens is 250 g/mol. The number of rotatable bonds is 2. The van der Waals surface area contributed by atoms with Crippen LogP contribution in [0.4, 0.5) is 5.69 Å². The van der Waals surface area contributed by atoms with Crippen LogP contribution in [0.15, 0.2) is 48.8 Å². The molecular formula is C16H16N3O. The van der Waals surface area contributed by atoms with Crippen LogP contribution in [0.1, 0.15) is 10.4 Å². The minimum atomic E-state index is 0.105. The SMILES string of the molecule is O=C(c1cc[c]cc1)N1CCN(c2ccncc2)CC1.